The minimum Gasteiger partial charge on any atom is -0.394 e. The molecular weight excluding hydrogens is 406 g/mol. The summed E-state index contributed by atoms with van der Waals surface area (Å²) < 4.78 is 1.45. The molecule has 0 aromatic heterocycles. The van der Waals surface area contributed by atoms with E-state index in [2.05, 4.69) is 19.9 Å². The van der Waals surface area contributed by atoms with Gasteiger partial charge in [-0.15, -0.1) is 0 Å². The molecule has 1 aromatic carbocycles. The van der Waals surface area contributed by atoms with Crippen molar-refractivity contribution in [3.8, 4) is 11.5 Å². The van der Waals surface area contributed by atoms with Crippen LogP contribution in [-0.4, -0.2) is 78.0 Å². The standard InChI is InChI=1S/C20H25N5O6/c1-10-6-11-13(7-12(10)24-4-2-3-5-24)25(8-14(27)17(29)15(28)9-26)18-16(21-11)19(30)23-20(31)22-18/h6-7,14-15,17,26-29H,2-5,8-9H2,1H3,(H,23,30,31). The van der Waals surface area contributed by atoms with Crippen LogP contribution in [-0.2, 0) is 6.54 Å². The van der Waals surface area contributed by atoms with Gasteiger partial charge in [-0.3, -0.25) is 9.78 Å². The zero-order valence-electron chi connectivity index (χ0n) is 17.0. The number of fused-ring (bicyclic) bond motifs is 2. The molecule has 4 rings (SSSR count). The summed E-state index contributed by atoms with van der Waals surface area (Å²) in [6.07, 6.45) is -2.55. The van der Waals surface area contributed by atoms with E-state index in [4.69, 9.17) is 5.11 Å². The number of nitrogens with one attached hydrogen (secondary N) is 1. The van der Waals surface area contributed by atoms with Crippen molar-refractivity contribution in [3.63, 3.8) is 0 Å². The summed E-state index contributed by atoms with van der Waals surface area (Å²) in [5, 5.41) is 39.4. The minimum atomic E-state index is -1.65. The summed E-state index contributed by atoms with van der Waals surface area (Å²) >= 11 is 0. The van der Waals surface area contributed by atoms with Crippen molar-refractivity contribution in [2.45, 2.75) is 44.6 Å². The van der Waals surface area contributed by atoms with E-state index in [-0.39, 0.29) is 18.1 Å². The predicted molar refractivity (Wildman–Crippen MR) is 112 cm³/mol. The van der Waals surface area contributed by atoms with Crippen molar-refractivity contribution in [2.24, 2.45) is 0 Å². The molecule has 0 bridgehead atoms. The fourth-order valence-corrected chi connectivity index (χ4v) is 4.08. The number of rotatable bonds is 6. The van der Waals surface area contributed by atoms with Crippen molar-refractivity contribution in [1.82, 2.24) is 19.5 Å². The van der Waals surface area contributed by atoms with Crippen LogP contribution in [0.15, 0.2) is 21.7 Å². The van der Waals surface area contributed by atoms with Crippen molar-refractivity contribution >= 4 is 16.7 Å². The van der Waals surface area contributed by atoms with Gasteiger partial charge in [0.15, 0.2) is 11.5 Å². The Hall–Kier alpha value is -2.86. The van der Waals surface area contributed by atoms with Crippen LogP contribution in [0.1, 0.15) is 18.4 Å². The van der Waals surface area contributed by atoms with Crippen LogP contribution < -0.4 is 16.1 Å². The van der Waals surface area contributed by atoms with Gasteiger partial charge in [0.25, 0.3) is 5.56 Å². The molecule has 3 aliphatic heterocycles. The largest absolute Gasteiger partial charge is 0.394 e. The molecule has 3 aliphatic rings. The van der Waals surface area contributed by atoms with Crippen molar-refractivity contribution in [1.29, 1.82) is 0 Å². The first-order valence-corrected chi connectivity index (χ1v) is 10.2. The molecule has 1 fully saturated rings. The number of nitrogens with zero attached hydrogens (tertiary/aromatic N) is 4. The number of aryl methyl sites for hydroxylation is 1. The van der Waals surface area contributed by atoms with Crippen LogP contribution in [0, 0.1) is 6.92 Å². The lowest BCUT2D eigenvalue weighted by Crippen LogP contribution is -2.42. The zero-order valence-corrected chi connectivity index (χ0v) is 17.0. The first kappa shape index (κ1) is 21.4. The van der Waals surface area contributed by atoms with Crippen LogP contribution in [0.5, 0.6) is 0 Å². The summed E-state index contributed by atoms with van der Waals surface area (Å²) in [6, 6.07) is 3.70. The van der Waals surface area contributed by atoms with Crippen molar-refractivity contribution in [3.05, 3.63) is 38.5 Å². The lowest BCUT2D eigenvalue weighted by atomic mass is 10.1. The SMILES string of the molecule is Cc1cc2nc3c(=O)[nH]c(=O)nc-3n(CC(O)C(O)C(O)CO)c2cc1N1CCCC1. The number of aliphatic hydroxyl groups is 4. The molecular formula is C20H25N5O6. The number of aliphatic hydroxyl groups excluding tert-OH is 4. The average Bonchev–Trinajstić information content (AvgIpc) is 3.27. The van der Waals surface area contributed by atoms with Gasteiger partial charge in [0.05, 0.1) is 24.2 Å². The monoisotopic (exact) mass is 431 g/mol. The van der Waals surface area contributed by atoms with Gasteiger partial charge in [0, 0.05) is 18.8 Å². The van der Waals surface area contributed by atoms with Gasteiger partial charge < -0.3 is 29.9 Å². The van der Waals surface area contributed by atoms with Gasteiger partial charge in [-0.2, -0.15) is 4.98 Å². The number of aromatic amines is 1. The number of hydrogen-bond acceptors (Lipinski definition) is 9. The Bertz CT molecular complexity index is 1190. The Kier molecular flexibility index (Phi) is 5.75. The summed E-state index contributed by atoms with van der Waals surface area (Å²) in [4.78, 5) is 36.9. The highest BCUT2D eigenvalue weighted by Crippen LogP contribution is 2.31. The third-order valence-electron chi connectivity index (χ3n) is 5.72. The van der Waals surface area contributed by atoms with Crippen LogP contribution >= 0.6 is 0 Å². The van der Waals surface area contributed by atoms with E-state index < -0.39 is 36.2 Å². The molecule has 1 aromatic rings. The van der Waals surface area contributed by atoms with Gasteiger partial charge in [0.2, 0.25) is 0 Å². The van der Waals surface area contributed by atoms with Gasteiger partial charge >= 0.3 is 5.69 Å². The van der Waals surface area contributed by atoms with E-state index in [0.717, 1.165) is 37.2 Å². The summed E-state index contributed by atoms with van der Waals surface area (Å²) in [7, 11) is 0. The van der Waals surface area contributed by atoms with E-state index in [1.54, 1.807) is 0 Å². The van der Waals surface area contributed by atoms with Crippen LogP contribution in [0.25, 0.3) is 22.6 Å². The maximum absolute atomic E-state index is 12.4. The predicted octanol–water partition coefficient (Wildman–Crippen LogP) is -1.43. The second-order valence-electron chi connectivity index (χ2n) is 7.90. The van der Waals surface area contributed by atoms with E-state index >= 15 is 0 Å². The van der Waals surface area contributed by atoms with E-state index in [1.807, 2.05) is 19.1 Å². The smallest absolute Gasteiger partial charge is 0.349 e. The quantitative estimate of drug-likeness (QED) is 0.294. The van der Waals surface area contributed by atoms with Crippen molar-refractivity contribution < 1.29 is 20.4 Å². The molecule has 11 nitrogen and oxygen atoms in total. The number of aromatic nitrogens is 4. The highest BCUT2D eigenvalue weighted by molar-refractivity contribution is 5.84. The number of benzene rings is 1. The molecule has 1 saturated heterocycles. The lowest BCUT2D eigenvalue weighted by molar-refractivity contribution is -0.0802. The van der Waals surface area contributed by atoms with Crippen LogP contribution in [0.3, 0.4) is 0 Å². The maximum Gasteiger partial charge on any atom is 0.349 e. The summed E-state index contributed by atoms with van der Waals surface area (Å²) in [5.74, 6) is -0.0396. The van der Waals surface area contributed by atoms with Crippen LogP contribution in [0.2, 0.25) is 0 Å². The molecule has 0 aliphatic carbocycles. The van der Waals surface area contributed by atoms with Gasteiger partial charge in [-0.25, -0.2) is 9.78 Å². The number of H-pyrrole nitrogens is 1. The van der Waals surface area contributed by atoms with E-state index in [1.165, 1.54) is 4.57 Å². The first-order chi connectivity index (χ1) is 14.8. The fraction of sp³-hybridized carbons (Fsp3) is 0.500. The Morgan fingerprint density at radius 3 is 2.48 bits per heavy atom. The molecule has 5 N–H and O–H groups in total. The molecule has 0 saturated carbocycles. The van der Waals surface area contributed by atoms with Crippen molar-refractivity contribution in [2.75, 3.05) is 24.6 Å². The average molecular weight is 431 g/mol. The topological polar surface area (TPSA) is 165 Å². The molecule has 3 heterocycles. The minimum absolute atomic E-state index is 0.0396. The fourth-order valence-electron chi connectivity index (χ4n) is 4.08. The molecule has 0 radical (unpaired) electrons. The van der Waals surface area contributed by atoms with E-state index in [0.29, 0.717) is 11.0 Å². The Balaban J connectivity index is 1.95. The molecule has 3 atom stereocenters. The third kappa shape index (κ3) is 3.92. The second kappa shape index (κ2) is 8.35. The van der Waals surface area contributed by atoms with Gasteiger partial charge in [-0.05, 0) is 37.5 Å². The molecule has 166 valence electrons. The maximum atomic E-state index is 12.4. The normalized spacial score (nSPS) is 17.4. The summed E-state index contributed by atoms with van der Waals surface area (Å²) in [5.41, 5.74) is 1.27. The Morgan fingerprint density at radius 2 is 1.81 bits per heavy atom. The van der Waals surface area contributed by atoms with Crippen LogP contribution in [0.4, 0.5) is 5.69 Å². The lowest BCUT2D eigenvalue weighted by Gasteiger charge is -2.26. The second-order valence-corrected chi connectivity index (χ2v) is 7.90. The zero-order chi connectivity index (χ0) is 22.3. The Labute approximate surface area is 176 Å². The highest BCUT2D eigenvalue weighted by Gasteiger charge is 2.28. The van der Waals surface area contributed by atoms with Gasteiger partial charge in [-0.1, -0.05) is 0 Å². The summed E-state index contributed by atoms with van der Waals surface area (Å²) in [6.45, 7) is 2.73. The first-order valence-electron chi connectivity index (χ1n) is 10.2. The molecule has 31 heavy (non-hydrogen) atoms. The van der Waals surface area contributed by atoms with E-state index in [9.17, 15) is 24.9 Å². The Morgan fingerprint density at radius 1 is 1.10 bits per heavy atom. The molecule has 0 amide bonds. The third-order valence-corrected chi connectivity index (χ3v) is 5.72. The number of hydrogen-bond donors (Lipinski definition) is 5. The highest BCUT2D eigenvalue weighted by atomic mass is 16.4. The molecule has 3 unspecified atom stereocenters. The number of anilines is 1. The van der Waals surface area contributed by atoms with Gasteiger partial charge in [0.1, 0.15) is 18.3 Å². The molecule has 0 spiro atoms. The molecule has 11 heteroatoms.